The molecule has 2 aromatic carbocycles. The predicted octanol–water partition coefficient (Wildman–Crippen LogP) is 3.84. The summed E-state index contributed by atoms with van der Waals surface area (Å²) in [5, 5.41) is 2.97. The highest BCUT2D eigenvalue weighted by Gasteiger charge is 2.16. The minimum Gasteiger partial charge on any atom is -1.00 e. The van der Waals surface area contributed by atoms with Crippen LogP contribution in [0.4, 0.5) is 16.2 Å². The van der Waals surface area contributed by atoms with Gasteiger partial charge >= 0.3 is 6.09 Å². The second-order valence-electron chi connectivity index (χ2n) is 11.3. The van der Waals surface area contributed by atoms with Crippen molar-refractivity contribution in [2.75, 3.05) is 57.6 Å². The highest BCUT2D eigenvalue weighted by molar-refractivity contribution is 6.04. The molecule has 0 spiro atoms. The van der Waals surface area contributed by atoms with Gasteiger partial charge in [0, 0.05) is 57.3 Å². The fourth-order valence-corrected chi connectivity index (χ4v) is 5.39. The molecule has 0 saturated heterocycles. The highest BCUT2D eigenvalue weighted by Crippen LogP contribution is 2.32. The Morgan fingerprint density at radius 2 is 1.49 bits per heavy atom. The van der Waals surface area contributed by atoms with Gasteiger partial charge in [0.25, 0.3) is 0 Å². The summed E-state index contributed by atoms with van der Waals surface area (Å²) in [5.74, 6) is 0. The van der Waals surface area contributed by atoms with Crippen molar-refractivity contribution in [3.63, 3.8) is 0 Å². The fourth-order valence-electron chi connectivity index (χ4n) is 5.39. The van der Waals surface area contributed by atoms with E-state index in [9.17, 15) is 4.79 Å². The molecule has 0 heterocycles. The summed E-state index contributed by atoms with van der Waals surface area (Å²) in [6.07, 6.45) is 17.8. The number of hydrogen-bond acceptors (Lipinski definition) is 4. The quantitative estimate of drug-likeness (QED) is 0.350. The van der Waals surface area contributed by atoms with E-state index in [2.05, 4.69) is 140 Å². The third kappa shape index (κ3) is 9.62. The van der Waals surface area contributed by atoms with Crippen molar-refractivity contribution < 1.29 is 26.5 Å². The number of amides is 1. The summed E-state index contributed by atoms with van der Waals surface area (Å²) in [4.78, 5) is 16.8. The first-order valence-corrected chi connectivity index (χ1v) is 15.2. The lowest BCUT2D eigenvalue weighted by Gasteiger charge is -2.24. The molecule has 1 unspecified atom stereocenters. The maximum atomic E-state index is 12.4. The molecule has 7 heteroatoms. The van der Waals surface area contributed by atoms with Gasteiger partial charge in [-0.15, -0.1) is 0 Å². The second kappa shape index (κ2) is 16.8. The molecule has 2 aromatic rings. The molecular formula is C36H47ClN4O2. The van der Waals surface area contributed by atoms with Crippen LogP contribution in [0.2, 0.25) is 0 Å². The average Bonchev–Trinajstić information content (AvgIpc) is 2.98. The van der Waals surface area contributed by atoms with Crippen LogP contribution in [0, 0.1) is 0 Å². The smallest absolute Gasteiger partial charge is 0.407 e. The van der Waals surface area contributed by atoms with E-state index in [1.807, 2.05) is 0 Å². The number of alkyl carbamates (subject to hydrolysis) is 1. The summed E-state index contributed by atoms with van der Waals surface area (Å²) < 4.78 is 7.82. The number of halogens is 1. The van der Waals surface area contributed by atoms with Crippen LogP contribution < -0.4 is 27.5 Å². The van der Waals surface area contributed by atoms with Gasteiger partial charge in [-0.25, -0.2) is 9.37 Å². The number of hydrogen-bond donors (Lipinski definition) is 1. The van der Waals surface area contributed by atoms with Gasteiger partial charge in [-0.2, -0.15) is 0 Å². The van der Waals surface area contributed by atoms with Crippen molar-refractivity contribution >= 4 is 28.8 Å². The zero-order valence-corrected chi connectivity index (χ0v) is 27.1. The van der Waals surface area contributed by atoms with E-state index in [1.54, 1.807) is 0 Å². The lowest BCUT2D eigenvalue weighted by molar-refractivity contribution is -0.462. The van der Waals surface area contributed by atoms with E-state index in [0.29, 0.717) is 13.1 Å². The van der Waals surface area contributed by atoms with Crippen LogP contribution in [-0.4, -0.2) is 70.3 Å². The fraction of sp³-hybridized carbons (Fsp3) is 0.389. The number of carbonyl (C=O) groups excluding carboxylic acids is 1. The summed E-state index contributed by atoms with van der Waals surface area (Å²) in [6, 6.07) is 17.5. The van der Waals surface area contributed by atoms with Crippen molar-refractivity contribution in [3.8, 4) is 0 Å². The van der Waals surface area contributed by atoms with Gasteiger partial charge in [0.05, 0.1) is 0 Å². The van der Waals surface area contributed by atoms with Crippen LogP contribution in [0.25, 0.3) is 5.57 Å². The lowest BCUT2D eigenvalue weighted by Crippen LogP contribution is -3.00. The van der Waals surface area contributed by atoms with Crippen molar-refractivity contribution in [3.05, 3.63) is 102 Å². The first-order chi connectivity index (χ1) is 20.4. The van der Waals surface area contributed by atoms with Crippen molar-refractivity contribution in [2.24, 2.45) is 0 Å². The number of likely N-dealkylation sites (N-methyl/N-ethyl adjacent to an activating group) is 1. The molecule has 0 bridgehead atoms. The Balaban J connectivity index is 0.00000506. The van der Waals surface area contributed by atoms with E-state index in [-0.39, 0.29) is 24.6 Å². The lowest BCUT2D eigenvalue weighted by atomic mass is 9.90. The Kier molecular flexibility index (Phi) is 13.1. The second-order valence-corrected chi connectivity index (χ2v) is 11.3. The zero-order valence-electron chi connectivity index (χ0n) is 26.4. The number of benzene rings is 2. The molecule has 43 heavy (non-hydrogen) atoms. The largest absolute Gasteiger partial charge is 1.00 e. The minimum absolute atomic E-state index is 0. The van der Waals surface area contributed by atoms with Crippen LogP contribution in [0.1, 0.15) is 50.2 Å². The number of carbonyl (C=O) groups is 1. The van der Waals surface area contributed by atoms with Crippen LogP contribution >= 0.6 is 0 Å². The molecule has 0 aliphatic heterocycles. The average molecular weight is 603 g/mol. The molecule has 0 saturated carbocycles. The van der Waals surface area contributed by atoms with Crippen LogP contribution in [0.15, 0.2) is 90.6 Å². The summed E-state index contributed by atoms with van der Waals surface area (Å²) in [5.41, 5.74) is 8.22. The minimum atomic E-state index is -0.309. The molecule has 6 nitrogen and oxygen atoms in total. The highest BCUT2D eigenvalue weighted by atomic mass is 35.5. The van der Waals surface area contributed by atoms with Gasteiger partial charge in [-0.1, -0.05) is 36.4 Å². The molecule has 230 valence electrons. The molecule has 4 rings (SSSR count). The molecular weight excluding hydrogens is 556 g/mol. The van der Waals surface area contributed by atoms with Crippen LogP contribution in [0.5, 0.6) is 0 Å². The van der Waals surface area contributed by atoms with Crippen molar-refractivity contribution in [1.82, 2.24) is 5.32 Å². The molecule has 1 amide bonds. The van der Waals surface area contributed by atoms with Gasteiger partial charge in [0.1, 0.15) is 20.2 Å². The standard InChI is InChI=1S/C36H46N4O2.ClH/c1-6-40(27-26-37-36(41)42-34-12-10-8-7-9-11-13-34)33-24-18-30(19-25-33)35(28-14-20-31(21-15-28)38(2)3)29-16-22-32(23-17-29)39(4)5;/h7-8,14-25,34H,6,9-13,26-27H2,1-5H3;1H/b8-7-;. The molecule has 1 atom stereocenters. The number of anilines is 2. The van der Waals surface area contributed by atoms with E-state index in [1.165, 1.54) is 33.7 Å². The number of ether oxygens (including phenoxy) is 1. The van der Waals surface area contributed by atoms with Crippen molar-refractivity contribution in [2.45, 2.75) is 45.1 Å². The van der Waals surface area contributed by atoms with E-state index < -0.39 is 0 Å². The van der Waals surface area contributed by atoms with Gasteiger partial charge in [-0.05, 0) is 97.7 Å². The number of nitrogens with zero attached hydrogens (tertiary/aromatic N) is 3. The Morgan fingerprint density at radius 3 is 2.07 bits per heavy atom. The molecule has 1 N–H and O–H groups in total. The number of allylic oxidation sites excluding steroid dienone is 7. The number of nitrogens with one attached hydrogen (secondary N) is 1. The molecule has 0 fully saturated rings. The normalized spacial score (nSPS) is 16.8. The van der Waals surface area contributed by atoms with Gasteiger partial charge in [0.2, 0.25) is 0 Å². The summed E-state index contributed by atoms with van der Waals surface area (Å²) in [6.45, 7) is 4.24. The maximum absolute atomic E-state index is 12.4. The monoisotopic (exact) mass is 602 g/mol. The Morgan fingerprint density at radius 1 is 0.884 bits per heavy atom. The van der Waals surface area contributed by atoms with E-state index in [4.69, 9.17) is 4.74 Å². The Hall–Kier alpha value is -3.77. The molecule has 0 radical (unpaired) electrons. The summed E-state index contributed by atoms with van der Waals surface area (Å²) >= 11 is 0. The SMILES string of the molecule is CCN(CCNC(=O)OC1CC/C=C\CCC1)c1ccc(C(=C2C=CC(=[N+](C)C)C=C2)c2ccc(N(C)C)cc2)cc1.[Cl-]. The third-order valence-corrected chi connectivity index (χ3v) is 7.89. The third-order valence-electron chi connectivity index (χ3n) is 7.89. The van der Waals surface area contributed by atoms with E-state index in [0.717, 1.165) is 44.3 Å². The van der Waals surface area contributed by atoms with Gasteiger partial charge < -0.3 is 32.3 Å². The Bertz CT molecular complexity index is 1330. The first kappa shape index (κ1) is 33.7. The first-order valence-electron chi connectivity index (χ1n) is 15.2. The summed E-state index contributed by atoms with van der Waals surface area (Å²) in [7, 11) is 8.25. The molecule has 0 aromatic heterocycles. The molecule has 2 aliphatic carbocycles. The van der Waals surface area contributed by atoms with Crippen molar-refractivity contribution in [1.29, 1.82) is 0 Å². The maximum Gasteiger partial charge on any atom is 0.407 e. The predicted molar refractivity (Wildman–Crippen MR) is 177 cm³/mol. The van der Waals surface area contributed by atoms with Crippen LogP contribution in [-0.2, 0) is 4.74 Å². The van der Waals surface area contributed by atoms with Gasteiger partial charge in [-0.3, -0.25) is 0 Å². The molecule has 2 aliphatic rings. The van der Waals surface area contributed by atoms with E-state index >= 15 is 0 Å². The number of rotatable bonds is 9. The van der Waals surface area contributed by atoms with Gasteiger partial charge in [0.15, 0.2) is 5.71 Å². The van der Waals surface area contributed by atoms with Crippen LogP contribution in [0.3, 0.4) is 0 Å². The Labute approximate surface area is 264 Å². The topological polar surface area (TPSA) is 47.8 Å². The zero-order chi connectivity index (χ0) is 29.9.